The molecule has 8 aromatic carbocycles. The number of rotatable bonds is 4. The van der Waals surface area contributed by atoms with E-state index in [2.05, 4.69) is 163 Å². The van der Waals surface area contributed by atoms with Gasteiger partial charge in [-0.25, -0.2) is 0 Å². The Morgan fingerprint density at radius 1 is 0.378 bits per heavy atom. The molecule has 9 rings (SSSR count). The van der Waals surface area contributed by atoms with Gasteiger partial charge in [0.05, 0.1) is 0 Å². The van der Waals surface area contributed by atoms with Gasteiger partial charge in [0.2, 0.25) is 0 Å². The fraction of sp³-hybridized carbons (Fsp3) is 0. The molecule has 1 heterocycles. The van der Waals surface area contributed by atoms with Crippen molar-refractivity contribution in [1.82, 2.24) is 4.98 Å². The van der Waals surface area contributed by atoms with Gasteiger partial charge in [0, 0.05) is 27.6 Å². The molecule has 0 spiro atoms. The Morgan fingerprint density at radius 2 is 0.978 bits per heavy atom. The molecule has 0 radical (unpaired) electrons. The number of hydrogen-bond acceptors (Lipinski definition) is 2. The van der Waals surface area contributed by atoms with Gasteiger partial charge in [0.1, 0.15) is 0 Å². The second-order valence-corrected chi connectivity index (χ2v) is 12.5. The lowest BCUT2D eigenvalue weighted by Gasteiger charge is -2.19. The van der Waals surface area contributed by atoms with E-state index in [1.807, 2.05) is 18.0 Å². The molecule has 0 unspecified atom stereocenters. The fourth-order valence-corrected chi connectivity index (χ4v) is 8.22. The van der Waals surface area contributed by atoms with E-state index < -0.39 is 0 Å². The normalized spacial score (nSPS) is 11.6. The third-order valence-corrected chi connectivity index (χ3v) is 10.2. The summed E-state index contributed by atoms with van der Waals surface area (Å²) in [7, 11) is 0. The molecular weight excluding hydrogens is 563 g/mol. The monoisotopic (exact) mass is 589 g/mol. The summed E-state index contributed by atoms with van der Waals surface area (Å²) in [6, 6.07) is 55.0. The van der Waals surface area contributed by atoms with Crippen LogP contribution in [0.5, 0.6) is 0 Å². The lowest BCUT2D eigenvalue weighted by atomic mass is 9.88. The maximum Gasteiger partial charge on any atom is 0.0353 e. The fourth-order valence-electron chi connectivity index (χ4n) is 6.99. The molecule has 0 aliphatic heterocycles. The van der Waals surface area contributed by atoms with Crippen molar-refractivity contribution in [3.63, 3.8) is 0 Å². The van der Waals surface area contributed by atoms with Gasteiger partial charge in [-0.05, 0) is 88.9 Å². The predicted molar refractivity (Wildman–Crippen MR) is 193 cm³/mol. The highest BCUT2D eigenvalue weighted by Crippen LogP contribution is 2.49. The molecule has 0 fully saturated rings. The minimum atomic E-state index is 1.17. The first-order chi connectivity index (χ1) is 22.3. The second kappa shape index (κ2) is 10.6. The summed E-state index contributed by atoms with van der Waals surface area (Å²) >= 11 is 1.86. The molecular formula is C43H27NS. The number of benzene rings is 8. The molecule has 0 saturated heterocycles. The first kappa shape index (κ1) is 26.0. The van der Waals surface area contributed by atoms with Crippen LogP contribution < -0.4 is 0 Å². The van der Waals surface area contributed by atoms with Crippen molar-refractivity contribution in [2.75, 3.05) is 0 Å². The van der Waals surface area contributed by atoms with E-state index in [-0.39, 0.29) is 0 Å². The smallest absolute Gasteiger partial charge is 0.0353 e. The van der Waals surface area contributed by atoms with Crippen LogP contribution in [0.4, 0.5) is 0 Å². The van der Waals surface area contributed by atoms with Crippen LogP contribution in [0, 0.1) is 0 Å². The largest absolute Gasteiger partial charge is 0.264 e. The number of nitrogens with zero attached hydrogens (tertiary/aromatic N) is 1. The Balaban J connectivity index is 1.33. The molecule has 0 bridgehead atoms. The SMILES string of the molecule is c1ccc(-c2cccc3ccccc23)c(Sc2c3ccccc3c(-c3cc4ccccc4c4ccccc34)c3cnccc23)c1. The first-order valence-electron chi connectivity index (χ1n) is 15.3. The Bertz CT molecular complexity index is 2520. The third kappa shape index (κ3) is 4.22. The summed E-state index contributed by atoms with van der Waals surface area (Å²) in [5, 5.41) is 12.5. The van der Waals surface area contributed by atoms with Gasteiger partial charge in [0.15, 0.2) is 0 Å². The van der Waals surface area contributed by atoms with E-state index >= 15 is 0 Å². The van der Waals surface area contributed by atoms with E-state index in [0.717, 1.165) is 0 Å². The highest BCUT2D eigenvalue weighted by Gasteiger charge is 2.20. The summed E-state index contributed by atoms with van der Waals surface area (Å²) in [4.78, 5) is 7.18. The molecule has 1 aromatic heterocycles. The quantitative estimate of drug-likeness (QED) is 0.150. The lowest BCUT2D eigenvalue weighted by molar-refractivity contribution is 1.36. The summed E-state index contributed by atoms with van der Waals surface area (Å²) in [5.74, 6) is 0. The lowest BCUT2D eigenvalue weighted by Crippen LogP contribution is -1.92. The van der Waals surface area contributed by atoms with Crippen molar-refractivity contribution in [2.24, 2.45) is 0 Å². The van der Waals surface area contributed by atoms with Gasteiger partial charge < -0.3 is 0 Å². The zero-order valence-electron chi connectivity index (χ0n) is 24.4. The maximum atomic E-state index is 4.69. The Hall–Kier alpha value is -5.44. The van der Waals surface area contributed by atoms with Gasteiger partial charge in [-0.3, -0.25) is 4.98 Å². The minimum absolute atomic E-state index is 1.17. The highest BCUT2D eigenvalue weighted by molar-refractivity contribution is 8.00. The molecule has 2 heteroatoms. The van der Waals surface area contributed by atoms with Crippen LogP contribution in [0.2, 0.25) is 0 Å². The molecule has 210 valence electrons. The third-order valence-electron chi connectivity index (χ3n) is 8.99. The molecule has 0 amide bonds. The van der Waals surface area contributed by atoms with Crippen LogP contribution in [0.15, 0.2) is 174 Å². The van der Waals surface area contributed by atoms with Crippen molar-refractivity contribution in [3.8, 4) is 22.3 Å². The maximum absolute atomic E-state index is 4.69. The molecule has 1 nitrogen and oxygen atoms in total. The van der Waals surface area contributed by atoms with Crippen LogP contribution in [-0.4, -0.2) is 4.98 Å². The molecule has 0 aliphatic rings. The van der Waals surface area contributed by atoms with Crippen LogP contribution in [0.1, 0.15) is 0 Å². The van der Waals surface area contributed by atoms with Crippen LogP contribution in [0.3, 0.4) is 0 Å². The number of aromatic nitrogens is 1. The predicted octanol–water partition coefficient (Wildman–Crippen LogP) is 12.3. The van der Waals surface area contributed by atoms with E-state index in [9.17, 15) is 0 Å². The average Bonchev–Trinajstić information content (AvgIpc) is 3.11. The zero-order valence-corrected chi connectivity index (χ0v) is 25.3. The molecule has 9 aromatic rings. The summed E-state index contributed by atoms with van der Waals surface area (Å²) in [5.41, 5.74) is 4.98. The van der Waals surface area contributed by atoms with Crippen LogP contribution in [0.25, 0.3) is 76.1 Å². The van der Waals surface area contributed by atoms with E-state index in [4.69, 9.17) is 0 Å². The van der Waals surface area contributed by atoms with Gasteiger partial charge in [-0.15, -0.1) is 0 Å². The molecule has 0 saturated carbocycles. The summed E-state index contributed by atoms with van der Waals surface area (Å²) in [6.45, 7) is 0. The van der Waals surface area contributed by atoms with Gasteiger partial charge in [0.25, 0.3) is 0 Å². The molecule has 0 atom stereocenters. The average molecular weight is 590 g/mol. The van der Waals surface area contributed by atoms with Crippen molar-refractivity contribution in [2.45, 2.75) is 9.79 Å². The molecule has 0 N–H and O–H groups in total. The molecule has 0 aliphatic carbocycles. The standard InChI is InChI=1S/C43H27NS/c1-3-15-30-28(12-1)14-11-22-33(30)35-19-9-10-23-41(35)45-43-37-21-8-7-20-36(37)42(40-27-44-25-24-38(40)43)39-26-29-13-2-4-16-31(29)32-17-5-6-18-34(32)39/h1-27H. The molecule has 45 heavy (non-hydrogen) atoms. The number of pyridine rings is 1. The number of hydrogen-bond donors (Lipinski definition) is 0. The second-order valence-electron chi connectivity index (χ2n) is 11.5. The first-order valence-corrected chi connectivity index (χ1v) is 16.1. The Kier molecular flexibility index (Phi) is 6.14. The zero-order chi connectivity index (χ0) is 29.7. The van der Waals surface area contributed by atoms with E-state index in [0.29, 0.717) is 0 Å². The number of fused-ring (bicyclic) bond motifs is 6. The van der Waals surface area contributed by atoms with Crippen molar-refractivity contribution in [1.29, 1.82) is 0 Å². The van der Waals surface area contributed by atoms with Gasteiger partial charge >= 0.3 is 0 Å². The van der Waals surface area contributed by atoms with Crippen molar-refractivity contribution >= 4 is 65.6 Å². The summed E-state index contributed by atoms with van der Waals surface area (Å²) in [6.07, 6.45) is 3.99. The Labute approximate surface area is 265 Å². The van der Waals surface area contributed by atoms with Gasteiger partial charge in [-0.2, -0.15) is 0 Å². The topological polar surface area (TPSA) is 12.9 Å². The van der Waals surface area contributed by atoms with Crippen molar-refractivity contribution in [3.05, 3.63) is 164 Å². The van der Waals surface area contributed by atoms with E-state index in [1.165, 1.54) is 85.9 Å². The minimum Gasteiger partial charge on any atom is -0.264 e. The van der Waals surface area contributed by atoms with E-state index in [1.54, 1.807) is 0 Å². The van der Waals surface area contributed by atoms with Gasteiger partial charge in [-0.1, -0.05) is 145 Å². The Morgan fingerprint density at radius 3 is 1.84 bits per heavy atom. The highest BCUT2D eigenvalue weighted by atomic mass is 32.2. The summed E-state index contributed by atoms with van der Waals surface area (Å²) < 4.78 is 0. The van der Waals surface area contributed by atoms with Crippen LogP contribution >= 0.6 is 11.8 Å². The van der Waals surface area contributed by atoms with Crippen molar-refractivity contribution < 1.29 is 0 Å². The van der Waals surface area contributed by atoms with Crippen LogP contribution in [-0.2, 0) is 0 Å².